The maximum Gasteiger partial charge on any atom is 0.406 e. The van der Waals surface area contributed by atoms with E-state index in [9.17, 15) is 14.7 Å². The van der Waals surface area contributed by atoms with Crippen molar-refractivity contribution in [3.63, 3.8) is 0 Å². The number of amides is 2. The van der Waals surface area contributed by atoms with Gasteiger partial charge in [0.15, 0.2) is 0 Å². The molecule has 0 aliphatic carbocycles. The third-order valence-electron chi connectivity index (χ3n) is 3.81. The van der Waals surface area contributed by atoms with Crippen molar-refractivity contribution < 1.29 is 19.8 Å². The third-order valence-corrected chi connectivity index (χ3v) is 4.04. The zero-order valence-electron chi connectivity index (χ0n) is 15.1. The fourth-order valence-electron chi connectivity index (χ4n) is 2.36. The van der Waals surface area contributed by atoms with E-state index in [0.29, 0.717) is 16.4 Å². The number of hydrogen-bond donors (Lipinski definition) is 2. The van der Waals surface area contributed by atoms with Crippen molar-refractivity contribution in [2.45, 2.75) is 6.23 Å². The van der Waals surface area contributed by atoms with Crippen molar-refractivity contribution in [3.8, 4) is 0 Å². The summed E-state index contributed by atoms with van der Waals surface area (Å²) in [4.78, 5) is 28.4. The van der Waals surface area contributed by atoms with E-state index in [2.05, 4.69) is 4.99 Å². The highest BCUT2D eigenvalue weighted by molar-refractivity contribution is 6.32. The van der Waals surface area contributed by atoms with Crippen LogP contribution < -0.4 is 4.90 Å². The zero-order chi connectivity index (χ0) is 20.1. The number of aliphatic imine (C=N–C) groups is 1. The van der Waals surface area contributed by atoms with Gasteiger partial charge < -0.3 is 20.0 Å². The molecule has 1 unspecified atom stereocenters. The van der Waals surface area contributed by atoms with Crippen molar-refractivity contribution in [1.82, 2.24) is 4.90 Å². The summed E-state index contributed by atoms with van der Waals surface area (Å²) >= 11 is 6.08. The number of benzodiazepines with no additional fused rings is 1. The van der Waals surface area contributed by atoms with E-state index < -0.39 is 18.2 Å². The number of carboxylic acid groups (broad SMARTS) is 1. The normalized spacial score (nSPS) is 15.7. The summed E-state index contributed by atoms with van der Waals surface area (Å²) in [5.41, 5.74) is 2.77. The molecule has 1 aliphatic heterocycles. The predicted molar refractivity (Wildman–Crippen MR) is 105 cm³/mol. The number of aliphatic hydroxyl groups excluding tert-OH is 1. The average Bonchev–Trinajstić information content (AvgIpc) is 2.73. The molecule has 2 N–H and O–H groups in total. The van der Waals surface area contributed by atoms with Gasteiger partial charge in [-0.15, -0.1) is 0 Å². The highest BCUT2D eigenvalue weighted by Gasteiger charge is 2.28. The molecule has 2 amide bonds. The Morgan fingerprint density at radius 1 is 1.19 bits per heavy atom. The summed E-state index contributed by atoms with van der Waals surface area (Å²) < 4.78 is 0. The molecular weight excluding hydrogens is 370 g/mol. The van der Waals surface area contributed by atoms with Gasteiger partial charge in [-0.1, -0.05) is 41.9 Å². The topological polar surface area (TPSA) is 93.4 Å². The molecular formula is C19H20ClN3O4. The van der Waals surface area contributed by atoms with Crippen LogP contribution in [0.5, 0.6) is 0 Å². The average molecular weight is 390 g/mol. The SMILES string of the molecule is CN(C)C(=O)O.CN1C(=O)C(O)N=C(c2ccccc2)c2cc(Cl)ccc21. The van der Waals surface area contributed by atoms with Crippen molar-refractivity contribution in [2.24, 2.45) is 4.99 Å². The van der Waals surface area contributed by atoms with Crippen LogP contribution in [-0.4, -0.2) is 60.2 Å². The van der Waals surface area contributed by atoms with E-state index in [-0.39, 0.29) is 0 Å². The predicted octanol–water partition coefficient (Wildman–Crippen LogP) is 2.70. The molecule has 1 heterocycles. The molecule has 142 valence electrons. The Morgan fingerprint density at radius 3 is 2.33 bits per heavy atom. The number of nitrogens with zero attached hydrogens (tertiary/aromatic N) is 3. The van der Waals surface area contributed by atoms with Gasteiger partial charge in [0.1, 0.15) is 0 Å². The number of rotatable bonds is 1. The third kappa shape index (κ3) is 4.84. The molecule has 1 aliphatic rings. The first-order chi connectivity index (χ1) is 12.7. The van der Waals surface area contributed by atoms with Crippen molar-refractivity contribution in [2.75, 3.05) is 26.0 Å². The van der Waals surface area contributed by atoms with Gasteiger partial charge >= 0.3 is 6.09 Å². The standard InChI is InChI=1S/C16H13ClN2O2.C3H7NO2/c1-19-13-8-7-11(17)9-12(13)14(18-15(20)16(19)21)10-5-3-2-4-6-10;1-4(2)3(5)6/h2-9,15,20H,1H3;1-2H3,(H,5,6). The van der Waals surface area contributed by atoms with Crippen molar-refractivity contribution in [3.05, 3.63) is 64.7 Å². The van der Waals surface area contributed by atoms with Gasteiger partial charge in [-0.25, -0.2) is 9.79 Å². The largest absolute Gasteiger partial charge is 0.465 e. The minimum atomic E-state index is -1.42. The van der Waals surface area contributed by atoms with E-state index in [4.69, 9.17) is 16.7 Å². The summed E-state index contributed by atoms with van der Waals surface area (Å²) in [6, 6.07) is 14.6. The molecule has 1 atom stereocenters. The maximum atomic E-state index is 12.1. The number of carbonyl (C=O) groups excluding carboxylic acids is 1. The summed E-state index contributed by atoms with van der Waals surface area (Å²) in [5.74, 6) is -0.468. The molecule has 0 spiro atoms. The molecule has 27 heavy (non-hydrogen) atoms. The maximum absolute atomic E-state index is 12.1. The van der Waals surface area contributed by atoms with Crippen LogP contribution in [0.25, 0.3) is 0 Å². The Bertz CT molecular complexity index is 869. The van der Waals surface area contributed by atoms with E-state index in [1.54, 1.807) is 25.2 Å². The number of likely N-dealkylation sites (N-methyl/N-ethyl adjacent to an activating group) is 1. The highest BCUT2D eigenvalue weighted by Crippen LogP contribution is 2.29. The van der Waals surface area contributed by atoms with Gasteiger partial charge in [-0.05, 0) is 18.2 Å². The fourth-order valence-corrected chi connectivity index (χ4v) is 2.53. The van der Waals surface area contributed by atoms with E-state index >= 15 is 0 Å². The number of halogens is 1. The van der Waals surface area contributed by atoms with E-state index in [1.165, 1.54) is 19.0 Å². The molecule has 0 bridgehead atoms. The molecule has 2 aromatic carbocycles. The van der Waals surface area contributed by atoms with Gasteiger partial charge in [0.25, 0.3) is 5.91 Å². The molecule has 8 heteroatoms. The van der Waals surface area contributed by atoms with Crippen LogP contribution in [0.15, 0.2) is 53.5 Å². The summed E-state index contributed by atoms with van der Waals surface area (Å²) in [5, 5.41) is 18.5. The Kier molecular flexibility index (Phi) is 6.55. The molecule has 0 saturated heterocycles. The first-order valence-electron chi connectivity index (χ1n) is 8.01. The lowest BCUT2D eigenvalue weighted by molar-refractivity contribution is -0.125. The number of benzene rings is 2. The lowest BCUT2D eigenvalue weighted by Gasteiger charge is -2.18. The van der Waals surface area contributed by atoms with Gasteiger partial charge in [0.05, 0.1) is 11.4 Å². The Balaban J connectivity index is 0.000000380. The number of aliphatic hydroxyl groups is 1. The summed E-state index contributed by atoms with van der Waals surface area (Å²) in [6.45, 7) is 0. The second-order valence-electron chi connectivity index (χ2n) is 5.95. The minimum Gasteiger partial charge on any atom is -0.465 e. The van der Waals surface area contributed by atoms with Crippen LogP contribution in [-0.2, 0) is 4.79 Å². The molecule has 3 rings (SSSR count). The number of carbonyl (C=O) groups is 2. The molecule has 0 aromatic heterocycles. The van der Waals surface area contributed by atoms with Crippen LogP contribution in [0.4, 0.5) is 10.5 Å². The Hall–Kier alpha value is -2.90. The van der Waals surface area contributed by atoms with Crippen LogP contribution in [0.1, 0.15) is 11.1 Å². The van der Waals surface area contributed by atoms with E-state index in [1.807, 2.05) is 30.3 Å². The Morgan fingerprint density at radius 2 is 1.78 bits per heavy atom. The smallest absolute Gasteiger partial charge is 0.406 e. The van der Waals surface area contributed by atoms with Gasteiger partial charge in [-0.2, -0.15) is 0 Å². The number of hydrogen-bond acceptors (Lipinski definition) is 4. The first-order valence-corrected chi connectivity index (χ1v) is 8.39. The van der Waals surface area contributed by atoms with Gasteiger partial charge in [0.2, 0.25) is 6.23 Å². The van der Waals surface area contributed by atoms with Crippen molar-refractivity contribution in [1.29, 1.82) is 0 Å². The minimum absolute atomic E-state index is 0.468. The quantitative estimate of drug-likeness (QED) is 0.784. The molecule has 0 saturated carbocycles. The first kappa shape index (κ1) is 20.4. The number of fused-ring (bicyclic) bond motifs is 1. The van der Waals surface area contributed by atoms with E-state index in [0.717, 1.165) is 16.0 Å². The summed E-state index contributed by atoms with van der Waals surface area (Å²) in [7, 11) is 4.56. The molecule has 7 nitrogen and oxygen atoms in total. The second-order valence-corrected chi connectivity index (χ2v) is 6.39. The molecule has 0 radical (unpaired) electrons. The lowest BCUT2D eigenvalue weighted by Crippen LogP contribution is -2.34. The monoisotopic (exact) mass is 389 g/mol. The van der Waals surface area contributed by atoms with Crippen LogP contribution >= 0.6 is 11.6 Å². The highest BCUT2D eigenvalue weighted by atomic mass is 35.5. The van der Waals surface area contributed by atoms with Crippen LogP contribution in [0, 0.1) is 0 Å². The zero-order valence-corrected chi connectivity index (χ0v) is 15.9. The van der Waals surface area contributed by atoms with Crippen molar-refractivity contribution >= 4 is 35.0 Å². The lowest BCUT2D eigenvalue weighted by atomic mass is 10.0. The number of anilines is 1. The Labute approximate surface area is 162 Å². The van der Waals surface area contributed by atoms with Gasteiger partial charge in [0, 0.05) is 37.3 Å². The summed E-state index contributed by atoms with van der Waals surface area (Å²) in [6.07, 6.45) is -2.33. The molecule has 2 aromatic rings. The van der Waals surface area contributed by atoms with Crippen LogP contribution in [0.3, 0.4) is 0 Å². The second kappa shape index (κ2) is 8.66. The fraction of sp³-hybridized carbons (Fsp3) is 0.211. The molecule has 0 fully saturated rings. The van der Waals surface area contributed by atoms with Crippen LogP contribution in [0.2, 0.25) is 5.02 Å². The van der Waals surface area contributed by atoms with Gasteiger partial charge in [-0.3, -0.25) is 4.79 Å².